The zero-order valence-corrected chi connectivity index (χ0v) is 24.2. The van der Waals surface area contributed by atoms with E-state index in [9.17, 15) is 0 Å². The Balaban J connectivity index is 1.20. The van der Waals surface area contributed by atoms with Gasteiger partial charge in [0.15, 0.2) is 5.58 Å². The molecular formula is C41H26N2O2. The monoisotopic (exact) mass is 578 g/mol. The van der Waals surface area contributed by atoms with Crippen LogP contribution in [0.25, 0.3) is 66.4 Å². The maximum absolute atomic E-state index is 6.47. The minimum atomic E-state index is 0.602. The van der Waals surface area contributed by atoms with Gasteiger partial charge >= 0.3 is 0 Å². The summed E-state index contributed by atoms with van der Waals surface area (Å²) >= 11 is 0. The molecule has 2 heterocycles. The zero-order chi connectivity index (χ0) is 29.7. The summed E-state index contributed by atoms with van der Waals surface area (Å²) in [7, 11) is 0. The van der Waals surface area contributed by atoms with Gasteiger partial charge in [-0.2, -0.15) is 0 Å². The summed E-state index contributed by atoms with van der Waals surface area (Å²) < 4.78 is 12.8. The molecule has 4 heteroatoms. The molecule has 0 aliphatic rings. The Labute approximate surface area is 259 Å². The number of furan rings is 1. The second-order valence-corrected chi connectivity index (χ2v) is 11.2. The Hall–Kier alpha value is -6.13. The average Bonchev–Trinajstić information content (AvgIpc) is 3.71. The second-order valence-electron chi connectivity index (χ2n) is 11.2. The lowest BCUT2D eigenvalue weighted by Gasteiger charge is -2.26. The SMILES string of the molecule is c1ccc(-c2ccc(N(c3ccc4ccccc4c3)c3ccc4c(c3)oc3ccc5nc(-c6ccccc6)oc5c34)cc2)cc1. The van der Waals surface area contributed by atoms with Gasteiger partial charge in [0.25, 0.3) is 0 Å². The minimum Gasteiger partial charge on any atom is -0.456 e. The van der Waals surface area contributed by atoms with E-state index in [1.54, 1.807) is 0 Å². The topological polar surface area (TPSA) is 42.4 Å². The maximum atomic E-state index is 6.47. The molecule has 0 fully saturated rings. The summed E-state index contributed by atoms with van der Waals surface area (Å²) in [6.07, 6.45) is 0. The normalized spacial score (nSPS) is 11.6. The van der Waals surface area contributed by atoms with Crippen LogP contribution in [0.3, 0.4) is 0 Å². The summed E-state index contributed by atoms with van der Waals surface area (Å²) in [6.45, 7) is 0. The quantitative estimate of drug-likeness (QED) is 0.204. The molecular weight excluding hydrogens is 552 g/mol. The van der Waals surface area contributed by atoms with E-state index in [2.05, 4.69) is 114 Å². The second kappa shape index (κ2) is 10.2. The van der Waals surface area contributed by atoms with Crippen molar-refractivity contribution in [2.24, 2.45) is 0 Å². The highest BCUT2D eigenvalue weighted by atomic mass is 16.4. The van der Waals surface area contributed by atoms with Crippen LogP contribution in [-0.2, 0) is 0 Å². The van der Waals surface area contributed by atoms with Crippen LogP contribution in [0.15, 0.2) is 167 Å². The molecule has 0 radical (unpaired) electrons. The van der Waals surface area contributed by atoms with Gasteiger partial charge in [0, 0.05) is 34.1 Å². The number of hydrogen-bond acceptors (Lipinski definition) is 4. The van der Waals surface area contributed by atoms with Gasteiger partial charge in [0.2, 0.25) is 5.89 Å². The molecule has 0 saturated carbocycles. The Kier molecular flexibility index (Phi) is 5.78. The van der Waals surface area contributed by atoms with E-state index in [0.29, 0.717) is 5.89 Å². The first-order valence-electron chi connectivity index (χ1n) is 15.0. The van der Waals surface area contributed by atoms with Crippen molar-refractivity contribution in [1.82, 2.24) is 4.98 Å². The lowest BCUT2D eigenvalue weighted by atomic mass is 10.0. The smallest absolute Gasteiger partial charge is 0.227 e. The number of nitrogens with zero attached hydrogens (tertiary/aromatic N) is 2. The van der Waals surface area contributed by atoms with Gasteiger partial charge < -0.3 is 13.7 Å². The number of benzene rings is 7. The maximum Gasteiger partial charge on any atom is 0.227 e. The van der Waals surface area contributed by atoms with Crippen molar-refractivity contribution < 1.29 is 8.83 Å². The number of fused-ring (bicyclic) bond motifs is 6. The molecule has 7 aromatic carbocycles. The molecule has 0 aliphatic carbocycles. The number of aromatic nitrogens is 1. The first kappa shape index (κ1) is 25.4. The van der Waals surface area contributed by atoms with Crippen LogP contribution in [0.1, 0.15) is 0 Å². The molecule has 212 valence electrons. The van der Waals surface area contributed by atoms with Gasteiger partial charge in [-0.3, -0.25) is 0 Å². The van der Waals surface area contributed by atoms with E-state index in [0.717, 1.165) is 55.7 Å². The Morgan fingerprint density at radius 1 is 0.444 bits per heavy atom. The molecule has 4 nitrogen and oxygen atoms in total. The largest absolute Gasteiger partial charge is 0.456 e. The lowest BCUT2D eigenvalue weighted by molar-refractivity contribution is 0.622. The molecule has 0 unspecified atom stereocenters. The third kappa shape index (κ3) is 4.35. The van der Waals surface area contributed by atoms with Crippen LogP contribution in [-0.4, -0.2) is 4.98 Å². The van der Waals surface area contributed by atoms with E-state index in [1.165, 1.54) is 21.9 Å². The van der Waals surface area contributed by atoms with Crippen LogP contribution in [0, 0.1) is 0 Å². The number of hydrogen-bond donors (Lipinski definition) is 0. The predicted molar refractivity (Wildman–Crippen MR) is 184 cm³/mol. The zero-order valence-electron chi connectivity index (χ0n) is 24.2. The van der Waals surface area contributed by atoms with Gasteiger partial charge in [-0.15, -0.1) is 0 Å². The number of rotatable bonds is 5. The molecule has 0 N–H and O–H groups in total. The Morgan fingerprint density at radius 2 is 1.09 bits per heavy atom. The van der Waals surface area contributed by atoms with E-state index in [1.807, 2.05) is 48.5 Å². The number of anilines is 3. The minimum absolute atomic E-state index is 0.602. The van der Waals surface area contributed by atoms with Crippen LogP contribution >= 0.6 is 0 Å². The molecule has 9 rings (SSSR count). The molecule has 2 aromatic heterocycles. The van der Waals surface area contributed by atoms with Gasteiger partial charge in [0.05, 0.1) is 5.39 Å². The summed E-state index contributed by atoms with van der Waals surface area (Å²) in [6, 6.07) is 54.6. The van der Waals surface area contributed by atoms with Crippen molar-refractivity contribution in [3.05, 3.63) is 158 Å². The van der Waals surface area contributed by atoms with Crippen molar-refractivity contribution in [2.45, 2.75) is 0 Å². The van der Waals surface area contributed by atoms with Crippen LogP contribution in [0.2, 0.25) is 0 Å². The molecule has 9 aromatic rings. The van der Waals surface area contributed by atoms with Gasteiger partial charge in [-0.25, -0.2) is 4.98 Å². The fourth-order valence-corrected chi connectivity index (χ4v) is 6.27. The average molecular weight is 579 g/mol. The van der Waals surface area contributed by atoms with Crippen molar-refractivity contribution >= 4 is 60.9 Å². The third-order valence-electron chi connectivity index (χ3n) is 8.48. The fraction of sp³-hybridized carbons (Fsp3) is 0. The van der Waals surface area contributed by atoms with Crippen molar-refractivity contribution in [3.8, 4) is 22.6 Å². The third-order valence-corrected chi connectivity index (χ3v) is 8.48. The standard InChI is InChI=1S/C41H26N2O2/c1-3-9-27(10-4-1)29-15-18-32(19-16-29)43(33-20-17-28-11-7-8-14-31(28)25-33)34-21-22-35-38(26-34)44-37-24-23-36-40(39(35)37)45-41(42-36)30-12-5-2-6-13-30/h1-26H. The summed E-state index contributed by atoms with van der Waals surface area (Å²) in [5, 5.41) is 4.33. The highest BCUT2D eigenvalue weighted by Crippen LogP contribution is 2.42. The van der Waals surface area contributed by atoms with Crippen LogP contribution < -0.4 is 4.90 Å². The number of oxazole rings is 1. The van der Waals surface area contributed by atoms with E-state index < -0.39 is 0 Å². The summed E-state index contributed by atoms with van der Waals surface area (Å²) in [5.41, 5.74) is 9.56. The molecule has 0 amide bonds. The van der Waals surface area contributed by atoms with Crippen LogP contribution in [0.5, 0.6) is 0 Å². The van der Waals surface area contributed by atoms with E-state index in [4.69, 9.17) is 13.8 Å². The van der Waals surface area contributed by atoms with Crippen molar-refractivity contribution in [1.29, 1.82) is 0 Å². The molecule has 0 saturated heterocycles. The van der Waals surface area contributed by atoms with Gasteiger partial charge in [0.1, 0.15) is 16.7 Å². The van der Waals surface area contributed by atoms with Gasteiger partial charge in [-0.05, 0) is 82.6 Å². The first-order valence-corrected chi connectivity index (χ1v) is 15.0. The molecule has 0 spiro atoms. The Morgan fingerprint density at radius 3 is 1.89 bits per heavy atom. The molecule has 0 bridgehead atoms. The highest BCUT2D eigenvalue weighted by molar-refractivity contribution is 6.17. The fourth-order valence-electron chi connectivity index (χ4n) is 6.27. The lowest BCUT2D eigenvalue weighted by Crippen LogP contribution is -2.09. The van der Waals surface area contributed by atoms with E-state index >= 15 is 0 Å². The summed E-state index contributed by atoms with van der Waals surface area (Å²) in [4.78, 5) is 7.06. The van der Waals surface area contributed by atoms with E-state index in [-0.39, 0.29) is 0 Å². The van der Waals surface area contributed by atoms with Crippen molar-refractivity contribution in [3.63, 3.8) is 0 Å². The predicted octanol–water partition coefficient (Wildman–Crippen LogP) is 11.7. The highest BCUT2D eigenvalue weighted by Gasteiger charge is 2.19. The van der Waals surface area contributed by atoms with Gasteiger partial charge in [-0.1, -0.05) is 91.0 Å². The molecule has 45 heavy (non-hydrogen) atoms. The molecule has 0 aliphatic heterocycles. The summed E-state index contributed by atoms with van der Waals surface area (Å²) in [5.74, 6) is 0.602. The molecule has 0 atom stereocenters. The first-order chi connectivity index (χ1) is 22.3. The Bertz CT molecular complexity index is 2480. The van der Waals surface area contributed by atoms with Crippen LogP contribution in [0.4, 0.5) is 17.1 Å². The van der Waals surface area contributed by atoms with Crippen molar-refractivity contribution in [2.75, 3.05) is 4.90 Å².